The Kier molecular flexibility index (Phi) is 10.2. The molecule has 3 rings (SSSR count). The molecule has 0 saturated carbocycles. The first kappa shape index (κ1) is 26.3. The van der Waals surface area contributed by atoms with Gasteiger partial charge in [0.25, 0.3) is 5.91 Å². The van der Waals surface area contributed by atoms with Crippen LogP contribution < -0.4 is 15.4 Å². The van der Waals surface area contributed by atoms with Crippen molar-refractivity contribution in [2.45, 2.75) is 25.8 Å². The Balaban J connectivity index is 1.54. The molecule has 2 aromatic carbocycles. The van der Waals surface area contributed by atoms with Crippen LogP contribution in [0.1, 0.15) is 29.3 Å². The molecule has 0 aliphatic heterocycles. The van der Waals surface area contributed by atoms with E-state index in [4.69, 9.17) is 32.7 Å². The number of anilines is 1. The molecule has 9 heteroatoms. The van der Waals surface area contributed by atoms with E-state index >= 15 is 0 Å². The lowest BCUT2D eigenvalue weighted by atomic mass is 10.0. The van der Waals surface area contributed by atoms with Gasteiger partial charge in [-0.25, -0.2) is 9.78 Å². The van der Waals surface area contributed by atoms with E-state index in [2.05, 4.69) is 15.6 Å². The minimum Gasteiger partial charge on any atom is -0.494 e. The van der Waals surface area contributed by atoms with Crippen LogP contribution in [-0.2, 0) is 16.0 Å². The van der Waals surface area contributed by atoms with Crippen LogP contribution in [0.5, 0.6) is 5.75 Å². The topological polar surface area (TPSA) is 89.6 Å². The molecule has 184 valence electrons. The maximum absolute atomic E-state index is 12.8. The monoisotopic (exact) mass is 515 g/mol. The first-order chi connectivity index (χ1) is 17.0. The van der Waals surface area contributed by atoms with Crippen molar-refractivity contribution in [3.05, 3.63) is 88.0 Å². The maximum atomic E-state index is 12.8. The summed E-state index contributed by atoms with van der Waals surface area (Å²) >= 11 is 12.3. The second kappa shape index (κ2) is 13.6. The molecular weight excluding hydrogens is 489 g/mol. The number of hydrogen-bond acceptors (Lipinski definition) is 6. The number of hydrogen-bond donors (Lipinski definition) is 2. The van der Waals surface area contributed by atoms with Crippen molar-refractivity contribution in [3.8, 4) is 5.75 Å². The standard InChI is InChI=1S/C26H27Cl2N3O4/c1-2-34-26(33)22(31-25(32)24-20(27)7-5-8-21(24)28)17-18-10-12-19(13-11-18)35-16-6-15-30-23-9-3-4-14-29-23/h3-5,7-14,22H,2,6,15-17H2,1H3,(H,29,30)(H,31,32)/t22-/m0/s1. The Hall–Kier alpha value is -3.29. The summed E-state index contributed by atoms with van der Waals surface area (Å²) in [4.78, 5) is 29.5. The number of aromatic nitrogens is 1. The highest BCUT2D eigenvalue weighted by Crippen LogP contribution is 2.24. The second-order valence-corrected chi connectivity index (χ2v) is 8.38. The van der Waals surface area contributed by atoms with E-state index in [-0.39, 0.29) is 28.6 Å². The molecule has 1 aromatic heterocycles. The average molecular weight is 516 g/mol. The lowest BCUT2D eigenvalue weighted by Crippen LogP contribution is -2.43. The minimum absolute atomic E-state index is 0.117. The summed E-state index contributed by atoms with van der Waals surface area (Å²) in [5, 5.41) is 6.34. The molecule has 0 bridgehead atoms. The summed E-state index contributed by atoms with van der Waals surface area (Å²) in [6, 6.07) is 16.9. The van der Waals surface area contributed by atoms with Gasteiger partial charge >= 0.3 is 5.97 Å². The molecule has 3 aromatic rings. The smallest absolute Gasteiger partial charge is 0.328 e. The summed E-state index contributed by atoms with van der Waals surface area (Å²) in [6.07, 6.45) is 2.78. The molecule has 0 aliphatic rings. The number of rotatable bonds is 12. The van der Waals surface area contributed by atoms with Gasteiger partial charge in [0.05, 0.1) is 28.8 Å². The number of amides is 1. The third-order valence-electron chi connectivity index (χ3n) is 4.99. The van der Waals surface area contributed by atoms with Crippen molar-refractivity contribution in [2.75, 3.05) is 25.1 Å². The number of pyridine rings is 1. The molecule has 1 amide bonds. The van der Waals surface area contributed by atoms with Crippen molar-refractivity contribution in [1.29, 1.82) is 0 Å². The summed E-state index contributed by atoms with van der Waals surface area (Å²) < 4.78 is 10.9. The Morgan fingerprint density at radius 1 is 1.00 bits per heavy atom. The number of esters is 1. The predicted molar refractivity (Wildman–Crippen MR) is 137 cm³/mol. The van der Waals surface area contributed by atoms with E-state index in [0.717, 1.165) is 24.3 Å². The highest BCUT2D eigenvalue weighted by atomic mass is 35.5. The zero-order valence-electron chi connectivity index (χ0n) is 19.3. The highest BCUT2D eigenvalue weighted by molar-refractivity contribution is 6.39. The van der Waals surface area contributed by atoms with Gasteiger partial charge in [0.2, 0.25) is 0 Å². The van der Waals surface area contributed by atoms with Gasteiger partial charge in [-0.15, -0.1) is 0 Å². The van der Waals surface area contributed by atoms with E-state index in [9.17, 15) is 9.59 Å². The number of carbonyl (C=O) groups is 2. The Morgan fingerprint density at radius 3 is 2.40 bits per heavy atom. The van der Waals surface area contributed by atoms with Crippen molar-refractivity contribution < 1.29 is 19.1 Å². The van der Waals surface area contributed by atoms with Crippen molar-refractivity contribution in [3.63, 3.8) is 0 Å². The Labute approximate surface area is 214 Å². The Morgan fingerprint density at radius 2 is 1.74 bits per heavy atom. The normalized spacial score (nSPS) is 11.4. The summed E-state index contributed by atoms with van der Waals surface area (Å²) in [5.41, 5.74) is 0.948. The molecule has 0 aliphatic carbocycles. The number of nitrogens with one attached hydrogen (secondary N) is 2. The van der Waals surface area contributed by atoms with E-state index in [0.29, 0.717) is 12.4 Å². The number of benzene rings is 2. The van der Waals surface area contributed by atoms with Gasteiger partial charge in [-0.2, -0.15) is 0 Å². The van der Waals surface area contributed by atoms with E-state index < -0.39 is 17.9 Å². The average Bonchev–Trinajstić information content (AvgIpc) is 2.85. The molecule has 0 saturated heterocycles. The van der Waals surface area contributed by atoms with Crippen LogP contribution in [0.2, 0.25) is 10.0 Å². The largest absolute Gasteiger partial charge is 0.494 e. The van der Waals surface area contributed by atoms with Gasteiger partial charge in [-0.3, -0.25) is 4.79 Å². The van der Waals surface area contributed by atoms with E-state index in [1.54, 1.807) is 31.3 Å². The van der Waals surface area contributed by atoms with Gasteiger partial charge in [-0.1, -0.05) is 47.5 Å². The summed E-state index contributed by atoms with van der Waals surface area (Å²) in [7, 11) is 0. The predicted octanol–water partition coefficient (Wildman–Crippen LogP) is 5.17. The van der Waals surface area contributed by atoms with Crippen LogP contribution >= 0.6 is 23.2 Å². The molecule has 2 N–H and O–H groups in total. The zero-order chi connectivity index (χ0) is 25.0. The SMILES string of the molecule is CCOC(=O)[C@H](Cc1ccc(OCCCNc2ccccn2)cc1)NC(=O)c1c(Cl)cccc1Cl. The highest BCUT2D eigenvalue weighted by Gasteiger charge is 2.25. The van der Waals surface area contributed by atoms with Crippen molar-refractivity contribution in [1.82, 2.24) is 10.3 Å². The number of ether oxygens (including phenoxy) is 2. The maximum Gasteiger partial charge on any atom is 0.328 e. The molecule has 0 radical (unpaired) electrons. The van der Waals surface area contributed by atoms with Gasteiger partial charge in [-0.05, 0) is 55.3 Å². The van der Waals surface area contributed by atoms with Crippen LogP contribution in [0.15, 0.2) is 66.9 Å². The second-order valence-electron chi connectivity index (χ2n) is 7.57. The van der Waals surface area contributed by atoms with Crippen LogP contribution in [0.3, 0.4) is 0 Å². The minimum atomic E-state index is -0.903. The van der Waals surface area contributed by atoms with Gasteiger partial charge in [0.1, 0.15) is 17.6 Å². The quantitative estimate of drug-likeness (QED) is 0.255. The number of halogens is 2. The summed E-state index contributed by atoms with van der Waals surface area (Å²) in [5.74, 6) is 0.464. The van der Waals surface area contributed by atoms with E-state index in [1.165, 1.54) is 0 Å². The molecule has 1 atom stereocenters. The molecule has 0 spiro atoms. The Bertz CT molecular complexity index is 1090. The molecular formula is C26H27Cl2N3O4. The van der Waals surface area contributed by atoms with Gasteiger partial charge in [0.15, 0.2) is 0 Å². The van der Waals surface area contributed by atoms with Crippen molar-refractivity contribution in [2.24, 2.45) is 0 Å². The zero-order valence-corrected chi connectivity index (χ0v) is 20.8. The van der Waals surface area contributed by atoms with Crippen LogP contribution in [0.4, 0.5) is 5.82 Å². The van der Waals surface area contributed by atoms with Crippen LogP contribution in [0, 0.1) is 0 Å². The van der Waals surface area contributed by atoms with Crippen LogP contribution in [0.25, 0.3) is 0 Å². The lowest BCUT2D eigenvalue weighted by molar-refractivity contribution is -0.145. The van der Waals surface area contributed by atoms with Gasteiger partial charge < -0.3 is 20.1 Å². The first-order valence-corrected chi connectivity index (χ1v) is 12.0. The fourth-order valence-electron chi connectivity index (χ4n) is 3.28. The van der Waals surface area contributed by atoms with Crippen LogP contribution in [-0.4, -0.2) is 42.7 Å². The molecule has 7 nitrogen and oxygen atoms in total. The number of nitrogens with zero attached hydrogens (tertiary/aromatic N) is 1. The number of carbonyl (C=O) groups excluding carboxylic acids is 2. The molecule has 1 heterocycles. The molecule has 0 fully saturated rings. The fraction of sp³-hybridized carbons (Fsp3) is 0.269. The summed E-state index contributed by atoms with van der Waals surface area (Å²) in [6.45, 7) is 3.19. The van der Waals surface area contributed by atoms with Crippen molar-refractivity contribution >= 4 is 40.9 Å². The van der Waals surface area contributed by atoms with Gasteiger partial charge in [0, 0.05) is 19.2 Å². The van der Waals surface area contributed by atoms with E-state index in [1.807, 2.05) is 42.5 Å². The molecule has 35 heavy (non-hydrogen) atoms. The third kappa shape index (κ3) is 8.16. The fourth-order valence-corrected chi connectivity index (χ4v) is 3.85. The first-order valence-electron chi connectivity index (χ1n) is 11.3. The lowest BCUT2D eigenvalue weighted by Gasteiger charge is -2.18. The molecule has 0 unspecified atom stereocenters. The third-order valence-corrected chi connectivity index (χ3v) is 5.62.